The maximum absolute atomic E-state index is 11.1. The summed E-state index contributed by atoms with van der Waals surface area (Å²) in [4.78, 5) is 11.1. The van der Waals surface area contributed by atoms with Crippen LogP contribution in [0.1, 0.15) is 20.8 Å². The van der Waals surface area contributed by atoms with E-state index >= 15 is 0 Å². The van der Waals surface area contributed by atoms with Crippen molar-refractivity contribution < 1.29 is 14.6 Å². The number of esters is 1. The van der Waals surface area contributed by atoms with Gasteiger partial charge in [0.05, 0.1) is 11.7 Å². The third kappa shape index (κ3) is 1.50. The third-order valence-corrected chi connectivity index (χ3v) is 2.03. The predicted octanol–water partition coefficient (Wildman–Crippen LogP) is 0.877. The van der Waals surface area contributed by atoms with Gasteiger partial charge >= 0.3 is 5.97 Å². The lowest BCUT2D eigenvalue weighted by Gasteiger charge is -2.13. The highest BCUT2D eigenvalue weighted by Gasteiger charge is 2.29. The molecule has 12 heavy (non-hydrogen) atoms. The summed E-state index contributed by atoms with van der Waals surface area (Å²) in [6.07, 6.45) is -0.681. The van der Waals surface area contributed by atoms with E-state index in [1.807, 2.05) is 20.8 Å². The Kier molecular flexibility index (Phi) is 2.52. The molecule has 0 aromatic rings. The first kappa shape index (κ1) is 9.26. The molecule has 0 saturated heterocycles. The Morgan fingerprint density at radius 3 is 2.42 bits per heavy atom. The number of cyclic esters (lactones) is 1. The second-order valence-corrected chi connectivity index (χ2v) is 3.46. The molecule has 0 aromatic carbocycles. The van der Waals surface area contributed by atoms with E-state index in [-0.39, 0.29) is 11.9 Å². The summed E-state index contributed by atoms with van der Waals surface area (Å²) in [5, 5.41) is 9.61. The SMILES string of the molecule is CC1=C([C@@H](O)C(C)C)C(=O)OC1. The first-order valence-corrected chi connectivity index (χ1v) is 4.09. The third-order valence-electron chi connectivity index (χ3n) is 2.03. The van der Waals surface area contributed by atoms with E-state index in [9.17, 15) is 9.90 Å². The van der Waals surface area contributed by atoms with Gasteiger partial charge in [-0.3, -0.25) is 0 Å². The Labute approximate surface area is 72.0 Å². The van der Waals surface area contributed by atoms with Gasteiger partial charge in [0, 0.05) is 0 Å². The Balaban J connectivity index is 2.85. The van der Waals surface area contributed by atoms with Crippen molar-refractivity contribution in [3.63, 3.8) is 0 Å². The van der Waals surface area contributed by atoms with E-state index in [1.165, 1.54) is 0 Å². The van der Waals surface area contributed by atoms with Crippen molar-refractivity contribution in [3.8, 4) is 0 Å². The molecule has 1 atom stereocenters. The second kappa shape index (κ2) is 3.27. The van der Waals surface area contributed by atoms with Crippen LogP contribution in [0.3, 0.4) is 0 Å². The van der Waals surface area contributed by atoms with Gasteiger partial charge in [0.2, 0.25) is 0 Å². The lowest BCUT2D eigenvalue weighted by Crippen LogP contribution is -2.22. The van der Waals surface area contributed by atoms with Crippen molar-refractivity contribution in [1.82, 2.24) is 0 Å². The van der Waals surface area contributed by atoms with Gasteiger partial charge in [0.25, 0.3) is 0 Å². The van der Waals surface area contributed by atoms with Crippen LogP contribution in [0.4, 0.5) is 0 Å². The van der Waals surface area contributed by atoms with E-state index in [2.05, 4.69) is 0 Å². The second-order valence-electron chi connectivity index (χ2n) is 3.46. The van der Waals surface area contributed by atoms with E-state index in [1.54, 1.807) is 0 Å². The van der Waals surface area contributed by atoms with Gasteiger partial charge in [0.15, 0.2) is 0 Å². The quantitative estimate of drug-likeness (QED) is 0.626. The normalized spacial score (nSPS) is 20.2. The van der Waals surface area contributed by atoms with Crippen LogP contribution in [0.5, 0.6) is 0 Å². The molecule has 0 spiro atoms. The topological polar surface area (TPSA) is 46.5 Å². The molecule has 0 bridgehead atoms. The fourth-order valence-electron chi connectivity index (χ4n) is 1.21. The fourth-order valence-corrected chi connectivity index (χ4v) is 1.21. The van der Waals surface area contributed by atoms with Crippen molar-refractivity contribution in [3.05, 3.63) is 11.1 Å². The summed E-state index contributed by atoms with van der Waals surface area (Å²) in [5.41, 5.74) is 1.30. The van der Waals surface area contributed by atoms with Gasteiger partial charge in [-0.1, -0.05) is 13.8 Å². The summed E-state index contributed by atoms with van der Waals surface area (Å²) in [7, 11) is 0. The molecule has 1 N–H and O–H groups in total. The van der Waals surface area contributed by atoms with Crippen molar-refractivity contribution >= 4 is 5.97 Å². The minimum absolute atomic E-state index is 0.0561. The Hall–Kier alpha value is -0.830. The van der Waals surface area contributed by atoms with Crippen LogP contribution in [-0.4, -0.2) is 23.8 Å². The molecule has 0 unspecified atom stereocenters. The number of carbonyl (C=O) groups is 1. The van der Waals surface area contributed by atoms with Crippen LogP contribution >= 0.6 is 0 Å². The standard InChI is InChI=1S/C9H14O3/c1-5(2)8(10)7-6(3)4-12-9(7)11/h5,8,10H,4H2,1-3H3/t8-/m0/s1. The number of aliphatic hydroxyl groups excluding tert-OH is 1. The highest BCUT2D eigenvalue weighted by atomic mass is 16.5. The lowest BCUT2D eigenvalue weighted by molar-refractivity contribution is -0.137. The van der Waals surface area contributed by atoms with Gasteiger partial charge in [-0.25, -0.2) is 4.79 Å². The first-order valence-electron chi connectivity index (χ1n) is 4.09. The van der Waals surface area contributed by atoms with Gasteiger partial charge in [0.1, 0.15) is 6.61 Å². The van der Waals surface area contributed by atoms with Crippen LogP contribution in [0.25, 0.3) is 0 Å². The molecule has 0 aliphatic carbocycles. The van der Waals surface area contributed by atoms with Crippen LogP contribution in [0, 0.1) is 5.92 Å². The predicted molar refractivity (Wildman–Crippen MR) is 44.5 cm³/mol. The van der Waals surface area contributed by atoms with E-state index < -0.39 is 6.10 Å². The Morgan fingerprint density at radius 2 is 2.08 bits per heavy atom. The molecule has 0 aromatic heterocycles. The maximum atomic E-state index is 11.1. The molecule has 1 aliphatic rings. The zero-order valence-corrected chi connectivity index (χ0v) is 7.63. The van der Waals surface area contributed by atoms with Gasteiger partial charge < -0.3 is 9.84 Å². The van der Waals surface area contributed by atoms with Crippen molar-refractivity contribution in [2.24, 2.45) is 5.92 Å². The van der Waals surface area contributed by atoms with E-state index in [4.69, 9.17) is 4.74 Å². The molecule has 0 amide bonds. The van der Waals surface area contributed by atoms with Crippen molar-refractivity contribution in [2.75, 3.05) is 6.61 Å². The number of carbonyl (C=O) groups excluding carboxylic acids is 1. The molecule has 1 heterocycles. The highest BCUT2D eigenvalue weighted by molar-refractivity contribution is 5.92. The molecular formula is C9H14O3. The molecule has 3 nitrogen and oxygen atoms in total. The molecule has 1 rings (SSSR count). The summed E-state index contributed by atoms with van der Waals surface area (Å²) in [5.74, 6) is -0.311. The summed E-state index contributed by atoms with van der Waals surface area (Å²) < 4.78 is 4.78. The summed E-state index contributed by atoms with van der Waals surface area (Å²) >= 11 is 0. The van der Waals surface area contributed by atoms with Crippen LogP contribution < -0.4 is 0 Å². The number of hydrogen-bond donors (Lipinski definition) is 1. The molecular weight excluding hydrogens is 156 g/mol. The fraction of sp³-hybridized carbons (Fsp3) is 0.667. The van der Waals surface area contributed by atoms with Gasteiger partial charge in [-0.05, 0) is 18.4 Å². The average Bonchev–Trinajstić information content (AvgIpc) is 2.30. The van der Waals surface area contributed by atoms with Crippen molar-refractivity contribution in [1.29, 1.82) is 0 Å². The largest absolute Gasteiger partial charge is 0.458 e. The van der Waals surface area contributed by atoms with Crippen LogP contribution in [0.15, 0.2) is 11.1 Å². The smallest absolute Gasteiger partial charge is 0.337 e. The highest BCUT2D eigenvalue weighted by Crippen LogP contribution is 2.22. The molecule has 1 aliphatic heterocycles. The Morgan fingerprint density at radius 1 is 1.50 bits per heavy atom. The Bertz CT molecular complexity index is 228. The van der Waals surface area contributed by atoms with Gasteiger partial charge in [-0.15, -0.1) is 0 Å². The molecule has 3 heteroatoms. The lowest BCUT2D eigenvalue weighted by atomic mass is 9.97. The maximum Gasteiger partial charge on any atom is 0.337 e. The number of ether oxygens (including phenoxy) is 1. The molecule has 0 saturated carbocycles. The number of rotatable bonds is 2. The molecule has 0 radical (unpaired) electrons. The summed E-state index contributed by atoms with van der Waals surface area (Å²) in [6.45, 7) is 5.89. The number of aliphatic hydroxyl groups is 1. The number of hydrogen-bond acceptors (Lipinski definition) is 3. The zero-order valence-electron chi connectivity index (χ0n) is 7.63. The first-order chi connectivity index (χ1) is 5.54. The van der Waals surface area contributed by atoms with Crippen LogP contribution in [0.2, 0.25) is 0 Å². The molecule has 68 valence electrons. The van der Waals surface area contributed by atoms with Crippen molar-refractivity contribution in [2.45, 2.75) is 26.9 Å². The minimum atomic E-state index is -0.681. The average molecular weight is 170 g/mol. The van der Waals surface area contributed by atoms with E-state index in [0.717, 1.165) is 5.57 Å². The van der Waals surface area contributed by atoms with E-state index in [0.29, 0.717) is 12.2 Å². The zero-order chi connectivity index (χ0) is 9.30. The van der Waals surface area contributed by atoms with Crippen LogP contribution in [-0.2, 0) is 9.53 Å². The minimum Gasteiger partial charge on any atom is -0.458 e. The summed E-state index contributed by atoms with van der Waals surface area (Å²) in [6, 6.07) is 0. The molecule has 0 fully saturated rings. The van der Waals surface area contributed by atoms with Gasteiger partial charge in [-0.2, -0.15) is 0 Å². The monoisotopic (exact) mass is 170 g/mol.